The van der Waals surface area contributed by atoms with Crippen molar-refractivity contribution in [2.24, 2.45) is 5.73 Å². The van der Waals surface area contributed by atoms with E-state index >= 15 is 0 Å². The Morgan fingerprint density at radius 1 is 1.54 bits per heavy atom. The Hall–Kier alpha value is -0.930. The van der Waals surface area contributed by atoms with Crippen LogP contribution in [-0.2, 0) is 13.0 Å². The van der Waals surface area contributed by atoms with Crippen LogP contribution in [0.25, 0.3) is 0 Å². The molecule has 3 N–H and O–H groups in total. The number of hydrogen-bond donors (Lipinski definition) is 2. The molecule has 0 aliphatic heterocycles. The molecule has 1 aromatic rings. The Balaban J connectivity index is 2.59. The average Bonchev–Trinajstić information content (AvgIpc) is 2.50. The van der Waals surface area contributed by atoms with Gasteiger partial charge in [0.1, 0.15) is 5.82 Å². The minimum atomic E-state index is -0.239. The van der Waals surface area contributed by atoms with E-state index in [9.17, 15) is 4.39 Å². The van der Waals surface area contributed by atoms with Gasteiger partial charge < -0.3 is 10.8 Å². The first-order valence-electron chi connectivity index (χ1n) is 4.40. The molecule has 1 atom stereocenters. The van der Waals surface area contributed by atoms with Crippen LogP contribution in [0.15, 0.2) is 12.1 Å². The summed E-state index contributed by atoms with van der Waals surface area (Å²) in [5.41, 5.74) is 8.07. The molecule has 0 saturated heterocycles. The molecular formula is C10H12FNO. The van der Waals surface area contributed by atoms with Gasteiger partial charge in [0, 0.05) is 11.6 Å². The van der Waals surface area contributed by atoms with E-state index < -0.39 is 0 Å². The Kier molecular flexibility index (Phi) is 2.06. The first-order valence-corrected chi connectivity index (χ1v) is 4.40. The quantitative estimate of drug-likeness (QED) is 0.685. The highest BCUT2D eigenvalue weighted by atomic mass is 19.1. The smallest absolute Gasteiger partial charge is 0.128 e. The molecule has 1 aliphatic rings. The van der Waals surface area contributed by atoms with Gasteiger partial charge in [-0.2, -0.15) is 0 Å². The zero-order valence-corrected chi connectivity index (χ0v) is 7.26. The lowest BCUT2D eigenvalue weighted by Gasteiger charge is -2.08. The van der Waals surface area contributed by atoms with E-state index in [1.807, 2.05) is 0 Å². The van der Waals surface area contributed by atoms with Gasteiger partial charge in [0.2, 0.25) is 0 Å². The molecule has 0 unspecified atom stereocenters. The van der Waals surface area contributed by atoms with E-state index in [1.165, 1.54) is 6.07 Å². The number of hydrogen-bond acceptors (Lipinski definition) is 2. The summed E-state index contributed by atoms with van der Waals surface area (Å²) in [6.07, 6.45) is 1.56. The highest BCUT2D eigenvalue weighted by molar-refractivity contribution is 5.41. The largest absolute Gasteiger partial charge is 0.392 e. The molecule has 0 bridgehead atoms. The Labute approximate surface area is 76.2 Å². The second-order valence-electron chi connectivity index (χ2n) is 3.40. The molecule has 0 saturated carbocycles. The molecule has 0 aromatic heterocycles. The van der Waals surface area contributed by atoms with Crippen LogP contribution in [0, 0.1) is 5.82 Å². The summed E-state index contributed by atoms with van der Waals surface area (Å²) >= 11 is 0. The van der Waals surface area contributed by atoms with Crippen molar-refractivity contribution in [1.29, 1.82) is 0 Å². The normalized spacial score (nSPS) is 20.4. The lowest BCUT2D eigenvalue weighted by Crippen LogP contribution is -2.08. The number of halogens is 1. The molecule has 2 nitrogen and oxygen atoms in total. The van der Waals surface area contributed by atoms with Crippen LogP contribution < -0.4 is 5.73 Å². The van der Waals surface area contributed by atoms with Gasteiger partial charge in [-0.05, 0) is 30.0 Å². The standard InChI is InChI=1S/C10H12FNO/c11-8-3-1-6(5-13)7-2-4-9(12)10(7)8/h1,3,9,13H,2,4-5,12H2/t9-/m1/s1. The molecule has 1 aliphatic carbocycles. The van der Waals surface area contributed by atoms with Crippen molar-refractivity contribution >= 4 is 0 Å². The van der Waals surface area contributed by atoms with Crippen LogP contribution in [0.3, 0.4) is 0 Å². The molecule has 0 fully saturated rings. The van der Waals surface area contributed by atoms with Crippen molar-refractivity contribution in [3.8, 4) is 0 Å². The predicted octanol–water partition coefficient (Wildman–Crippen LogP) is 1.26. The summed E-state index contributed by atoms with van der Waals surface area (Å²) in [5, 5.41) is 9.02. The van der Waals surface area contributed by atoms with Gasteiger partial charge in [0.15, 0.2) is 0 Å². The monoisotopic (exact) mass is 181 g/mol. The lowest BCUT2D eigenvalue weighted by atomic mass is 10.0. The lowest BCUT2D eigenvalue weighted by molar-refractivity contribution is 0.280. The number of rotatable bonds is 1. The highest BCUT2D eigenvalue weighted by Crippen LogP contribution is 2.33. The summed E-state index contributed by atoms with van der Waals surface area (Å²) < 4.78 is 13.3. The van der Waals surface area contributed by atoms with E-state index in [1.54, 1.807) is 6.07 Å². The van der Waals surface area contributed by atoms with Gasteiger partial charge in [-0.1, -0.05) is 6.07 Å². The number of aliphatic hydroxyl groups excluding tert-OH is 1. The second-order valence-corrected chi connectivity index (χ2v) is 3.40. The second kappa shape index (κ2) is 3.09. The minimum absolute atomic E-state index is 0.0324. The third-order valence-electron chi connectivity index (χ3n) is 2.65. The Bertz CT molecular complexity index is 338. The Morgan fingerprint density at radius 3 is 3.00 bits per heavy atom. The van der Waals surface area contributed by atoms with Gasteiger partial charge >= 0.3 is 0 Å². The van der Waals surface area contributed by atoms with Gasteiger partial charge in [-0.3, -0.25) is 0 Å². The predicted molar refractivity (Wildman–Crippen MR) is 47.6 cm³/mol. The molecule has 0 radical (unpaired) electrons. The SMILES string of the molecule is N[C@@H]1CCc2c(CO)ccc(F)c21. The maximum Gasteiger partial charge on any atom is 0.128 e. The van der Waals surface area contributed by atoms with Crippen LogP contribution >= 0.6 is 0 Å². The number of nitrogens with two attached hydrogens (primary N) is 1. The molecule has 2 rings (SSSR count). The van der Waals surface area contributed by atoms with Crippen molar-refractivity contribution in [1.82, 2.24) is 0 Å². The van der Waals surface area contributed by atoms with Gasteiger partial charge in [-0.15, -0.1) is 0 Å². The number of fused-ring (bicyclic) bond motifs is 1. The minimum Gasteiger partial charge on any atom is -0.392 e. The maximum atomic E-state index is 13.3. The van der Waals surface area contributed by atoms with Crippen LogP contribution in [-0.4, -0.2) is 5.11 Å². The highest BCUT2D eigenvalue weighted by Gasteiger charge is 2.24. The van der Waals surface area contributed by atoms with Crippen LogP contribution in [0.2, 0.25) is 0 Å². The summed E-state index contributed by atoms with van der Waals surface area (Å²) in [6.45, 7) is -0.0324. The summed E-state index contributed by atoms with van der Waals surface area (Å²) in [7, 11) is 0. The number of aliphatic hydroxyl groups is 1. The van der Waals surface area contributed by atoms with Crippen LogP contribution in [0.1, 0.15) is 29.2 Å². The van der Waals surface area contributed by atoms with Gasteiger partial charge in [0.25, 0.3) is 0 Å². The fraction of sp³-hybridized carbons (Fsp3) is 0.400. The van der Waals surface area contributed by atoms with Crippen molar-refractivity contribution in [2.75, 3.05) is 0 Å². The molecule has 0 amide bonds. The van der Waals surface area contributed by atoms with E-state index in [2.05, 4.69) is 0 Å². The molecule has 0 heterocycles. The molecule has 1 aromatic carbocycles. The zero-order chi connectivity index (χ0) is 9.42. The fourth-order valence-electron chi connectivity index (χ4n) is 1.97. The molecule has 13 heavy (non-hydrogen) atoms. The van der Waals surface area contributed by atoms with Crippen molar-refractivity contribution in [3.05, 3.63) is 34.6 Å². The number of benzene rings is 1. The third-order valence-corrected chi connectivity index (χ3v) is 2.65. The van der Waals surface area contributed by atoms with Crippen LogP contribution in [0.5, 0.6) is 0 Å². The summed E-state index contributed by atoms with van der Waals surface area (Å²) in [5.74, 6) is -0.239. The van der Waals surface area contributed by atoms with Crippen molar-refractivity contribution in [2.45, 2.75) is 25.5 Å². The van der Waals surface area contributed by atoms with E-state index in [0.717, 1.165) is 24.0 Å². The summed E-state index contributed by atoms with van der Waals surface area (Å²) in [6, 6.07) is 2.82. The summed E-state index contributed by atoms with van der Waals surface area (Å²) in [4.78, 5) is 0. The van der Waals surface area contributed by atoms with Gasteiger partial charge in [-0.25, -0.2) is 4.39 Å². The topological polar surface area (TPSA) is 46.2 Å². The first kappa shape index (κ1) is 8.66. The molecular weight excluding hydrogens is 169 g/mol. The Morgan fingerprint density at radius 2 is 2.31 bits per heavy atom. The van der Waals surface area contributed by atoms with E-state index in [4.69, 9.17) is 10.8 Å². The van der Waals surface area contributed by atoms with Crippen molar-refractivity contribution < 1.29 is 9.50 Å². The van der Waals surface area contributed by atoms with Gasteiger partial charge in [0.05, 0.1) is 6.61 Å². The average molecular weight is 181 g/mol. The first-order chi connectivity index (χ1) is 6.24. The molecule has 70 valence electrons. The zero-order valence-electron chi connectivity index (χ0n) is 7.26. The third kappa shape index (κ3) is 1.24. The molecule has 3 heteroatoms. The van der Waals surface area contributed by atoms with Crippen molar-refractivity contribution in [3.63, 3.8) is 0 Å². The maximum absolute atomic E-state index is 13.3. The molecule has 0 spiro atoms. The van der Waals surface area contributed by atoms with Crippen LogP contribution in [0.4, 0.5) is 4.39 Å². The fourth-order valence-corrected chi connectivity index (χ4v) is 1.97. The van der Waals surface area contributed by atoms with E-state index in [0.29, 0.717) is 5.56 Å². The van der Waals surface area contributed by atoms with E-state index in [-0.39, 0.29) is 18.5 Å².